The van der Waals surface area contributed by atoms with Crippen LogP contribution < -0.4 is 11.1 Å². The molecule has 0 aliphatic carbocycles. The van der Waals surface area contributed by atoms with Crippen LogP contribution in [0.4, 0.5) is 11.6 Å². The van der Waals surface area contributed by atoms with E-state index in [0.29, 0.717) is 18.2 Å². The normalized spacial score (nSPS) is 10.4. The third-order valence-corrected chi connectivity index (χ3v) is 3.16. The fraction of sp³-hybridized carbons (Fsp3) is 0.200. The molecule has 0 unspecified atom stereocenters. The van der Waals surface area contributed by atoms with E-state index in [1.165, 1.54) is 0 Å². The van der Waals surface area contributed by atoms with Gasteiger partial charge in [0.15, 0.2) is 0 Å². The first kappa shape index (κ1) is 11.2. The Labute approximate surface area is 102 Å². The number of aryl methyl sites for hydroxylation is 1. The number of nitrogens with zero attached hydrogens (tertiary/aromatic N) is 2. The van der Waals surface area contributed by atoms with Crippen molar-refractivity contribution < 1.29 is 0 Å². The first-order valence-corrected chi connectivity index (χ1v) is 5.92. The highest BCUT2D eigenvalue weighted by Gasteiger charge is 2.01. The van der Waals surface area contributed by atoms with E-state index in [1.807, 2.05) is 19.1 Å². The quantitative estimate of drug-likeness (QED) is 0.884. The van der Waals surface area contributed by atoms with Crippen molar-refractivity contribution in [3.8, 4) is 0 Å². The summed E-state index contributed by atoms with van der Waals surface area (Å²) in [5.41, 5.74) is 5.62. The van der Waals surface area contributed by atoms with Crippen LogP contribution in [0.2, 0.25) is 4.34 Å². The first-order chi connectivity index (χ1) is 7.63. The lowest BCUT2D eigenvalue weighted by molar-refractivity contribution is 1.04. The molecule has 2 heterocycles. The smallest absolute Gasteiger partial charge is 0.132 e. The molecular weight excluding hydrogens is 244 g/mol. The van der Waals surface area contributed by atoms with Crippen molar-refractivity contribution in [3.63, 3.8) is 0 Å². The molecule has 0 bridgehead atoms. The number of aromatic nitrogens is 2. The van der Waals surface area contributed by atoms with Crippen LogP contribution in [-0.4, -0.2) is 9.97 Å². The van der Waals surface area contributed by atoms with E-state index >= 15 is 0 Å². The van der Waals surface area contributed by atoms with Crippen molar-refractivity contribution in [2.45, 2.75) is 13.5 Å². The zero-order valence-electron chi connectivity index (χ0n) is 8.70. The minimum Gasteiger partial charge on any atom is -0.384 e. The largest absolute Gasteiger partial charge is 0.384 e. The minimum atomic E-state index is 0.471. The fourth-order valence-corrected chi connectivity index (χ4v) is 2.33. The molecular formula is C10H11ClN4S. The SMILES string of the molecule is Cc1nc(N)cc(NCc2ccc(Cl)s2)n1. The van der Waals surface area contributed by atoms with Gasteiger partial charge in [0.05, 0.1) is 10.9 Å². The maximum atomic E-state index is 5.84. The third kappa shape index (κ3) is 2.84. The van der Waals surface area contributed by atoms with Crippen LogP contribution >= 0.6 is 22.9 Å². The Kier molecular flexibility index (Phi) is 3.26. The maximum Gasteiger partial charge on any atom is 0.132 e. The van der Waals surface area contributed by atoms with E-state index < -0.39 is 0 Å². The summed E-state index contributed by atoms with van der Waals surface area (Å²) in [4.78, 5) is 9.38. The van der Waals surface area contributed by atoms with Crippen molar-refractivity contribution >= 4 is 34.6 Å². The lowest BCUT2D eigenvalue weighted by atomic mass is 10.4. The van der Waals surface area contributed by atoms with Gasteiger partial charge in [0.25, 0.3) is 0 Å². The Bertz CT molecular complexity index is 477. The van der Waals surface area contributed by atoms with Gasteiger partial charge < -0.3 is 11.1 Å². The van der Waals surface area contributed by atoms with Crippen LogP contribution in [0.3, 0.4) is 0 Å². The highest BCUT2D eigenvalue weighted by atomic mass is 35.5. The summed E-state index contributed by atoms with van der Waals surface area (Å²) in [5, 5.41) is 3.18. The van der Waals surface area contributed by atoms with Crippen molar-refractivity contribution in [1.29, 1.82) is 0 Å². The van der Waals surface area contributed by atoms with E-state index in [4.69, 9.17) is 17.3 Å². The molecule has 0 aromatic carbocycles. The molecule has 0 amide bonds. The number of nitrogens with one attached hydrogen (secondary N) is 1. The minimum absolute atomic E-state index is 0.471. The molecule has 2 rings (SSSR count). The Morgan fingerprint density at radius 2 is 2.25 bits per heavy atom. The summed E-state index contributed by atoms with van der Waals surface area (Å²) < 4.78 is 0.787. The Balaban J connectivity index is 2.04. The van der Waals surface area contributed by atoms with Gasteiger partial charge in [0.2, 0.25) is 0 Å². The van der Waals surface area contributed by atoms with E-state index in [0.717, 1.165) is 15.0 Å². The zero-order valence-corrected chi connectivity index (χ0v) is 10.3. The van der Waals surface area contributed by atoms with Gasteiger partial charge in [-0.3, -0.25) is 0 Å². The number of hydrogen-bond donors (Lipinski definition) is 2. The van der Waals surface area contributed by atoms with Gasteiger partial charge in [-0.05, 0) is 19.1 Å². The summed E-state index contributed by atoms with van der Waals surface area (Å²) >= 11 is 7.38. The highest BCUT2D eigenvalue weighted by Crippen LogP contribution is 2.22. The van der Waals surface area contributed by atoms with Crippen LogP contribution in [0.1, 0.15) is 10.7 Å². The van der Waals surface area contributed by atoms with Crippen molar-refractivity contribution in [1.82, 2.24) is 9.97 Å². The fourth-order valence-electron chi connectivity index (χ4n) is 1.31. The lowest BCUT2D eigenvalue weighted by Gasteiger charge is -2.05. The van der Waals surface area contributed by atoms with Gasteiger partial charge in [-0.1, -0.05) is 11.6 Å². The van der Waals surface area contributed by atoms with E-state index in [2.05, 4.69) is 15.3 Å². The summed E-state index contributed by atoms with van der Waals surface area (Å²) in [6.07, 6.45) is 0. The number of hydrogen-bond acceptors (Lipinski definition) is 5. The molecule has 0 atom stereocenters. The second-order valence-corrected chi connectivity index (χ2v) is 5.08. The summed E-state index contributed by atoms with van der Waals surface area (Å²) in [6.45, 7) is 2.50. The van der Waals surface area contributed by atoms with Gasteiger partial charge in [-0.25, -0.2) is 9.97 Å². The molecule has 3 N–H and O–H groups in total. The molecule has 0 radical (unpaired) electrons. The molecule has 2 aromatic rings. The molecule has 16 heavy (non-hydrogen) atoms. The standard InChI is InChI=1S/C10H11ClN4S/c1-6-14-9(12)4-10(15-6)13-5-7-2-3-8(11)16-7/h2-4H,5H2,1H3,(H3,12,13,14,15). The number of anilines is 2. The van der Waals surface area contributed by atoms with Gasteiger partial charge >= 0.3 is 0 Å². The van der Waals surface area contributed by atoms with Crippen LogP contribution in [0.15, 0.2) is 18.2 Å². The number of nitrogen functional groups attached to an aromatic ring is 1. The lowest BCUT2D eigenvalue weighted by Crippen LogP contribution is -2.03. The summed E-state index contributed by atoms with van der Waals surface area (Å²) in [6, 6.07) is 5.57. The molecule has 0 aliphatic rings. The number of rotatable bonds is 3. The summed E-state index contributed by atoms with van der Waals surface area (Å²) in [5.74, 6) is 1.86. The van der Waals surface area contributed by atoms with Crippen molar-refractivity contribution in [3.05, 3.63) is 33.2 Å². The second kappa shape index (κ2) is 4.67. The van der Waals surface area contributed by atoms with Gasteiger partial charge in [-0.15, -0.1) is 11.3 Å². The summed E-state index contributed by atoms with van der Waals surface area (Å²) in [7, 11) is 0. The monoisotopic (exact) mass is 254 g/mol. The Morgan fingerprint density at radius 3 is 2.88 bits per heavy atom. The molecule has 0 aliphatic heterocycles. The zero-order chi connectivity index (χ0) is 11.5. The van der Waals surface area contributed by atoms with E-state index in [-0.39, 0.29) is 0 Å². The van der Waals surface area contributed by atoms with Crippen molar-refractivity contribution in [2.24, 2.45) is 0 Å². The van der Waals surface area contributed by atoms with Crippen LogP contribution in [0.5, 0.6) is 0 Å². The number of halogens is 1. The number of nitrogens with two attached hydrogens (primary N) is 1. The average molecular weight is 255 g/mol. The molecule has 0 spiro atoms. The molecule has 0 fully saturated rings. The third-order valence-electron chi connectivity index (χ3n) is 1.93. The molecule has 4 nitrogen and oxygen atoms in total. The van der Waals surface area contributed by atoms with Crippen molar-refractivity contribution in [2.75, 3.05) is 11.1 Å². The van der Waals surface area contributed by atoms with Gasteiger partial charge in [-0.2, -0.15) is 0 Å². The van der Waals surface area contributed by atoms with Gasteiger partial charge in [0, 0.05) is 10.9 Å². The maximum absolute atomic E-state index is 5.84. The van der Waals surface area contributed by atoms with E-state index in [9.17, 15) is 0 Å². The number of thiophene rings is 1. The molecule has 0 saturated heterocycles. The first-order valence-electron chi connectivity index (χ1n) is 4.73. The molecule has 0 saturated carbocycles. The topological polar surface area (TPSA) is 63.8 Å². The average Bonchev–Trinajstić information content (AvgIpc) is 2.60. The van der Waals surface area contributed by atoms with E-state index in [1.54, 1.807) is 17.4 Å². The predicted molar refractivity (Wildman–Crippen MR) is 67.8 cm³/mol. The molecule has 2 aromatic heterocycles. The molecule has 6 heteroatoms. The van der Waals surface area contributed by atoms with Crippen LogP contribution in [0.25, 0.3) is 0 Å². The second-order valence-electron chi connectivity index (χ2n) is 3.28. The van der Waals surface area contributed by atoms with Gasteiger partial charge in [0.1, 0.15) is 17.5 Å². The van der Waals surface area contributed by atoms with Crippen LogP contribution in [-0.2, 0) is 6.54 Å². The Hall–Kier alpha value is -1.33. The predicted octanol–water partition coefficient (Wildman–Crippen LogP) is 2.69. The highest BCUT2D eigenvalue weighted by molar-refractivity contribution is 7.16. The van der Waals surface area contributed by atoms with Crippen LogP contribution in [0, 0.1) is 6.92 Å². The molecule has 84 valence electrons. The Morgan fingerprint density at radius 1 is 1.44 bits per heavy atom.